The van der Waals surface area contributed by atoms with E-state index >= 15 is 0 Å². The zero-order chi connectivity index (χ0) is 24.5. The summed E-state index contributed by atoms with van der Waals surface area (Å²) in [5.41, 5.74) is -1.34. The standard InChI is InChI=1S/C22H23F3N6O3/c1-13-5-2-3-8-17(13)28-21(34)29-18(32)11-30-12-26-19-16(20(30)33)10-27-31(19)15-7-4-6-14(9-15)22(23,24)25/h4,6-7,9-10,12-13,17H,2-3,5,8,11H2,1H3,(H2,28,29,32,34). The van der Waals surface area contributed by atoms with Crippen LogP contribution in [0.4, 0.5) is 18.0 Å². The number of rotatable bonds is 4. The summed E-state index contributed by atoms with van der Waals surface area (Å²) in [6.45, 7) is 1.59. The molecule has 12 heteroatoms. The molecule has 1 saturated carbocycles. The second kappa shape index (κ2) is 9.27. The fourth-order valence-electron chi connectivity index (χ4n) is 4.12. The van der Waals surface area contributed by atoms with Crippen molar-refractivity contribution >= 4 is 23.0 Å². The summed E-state index contributed by atoms with van der Waals surface area (Å²) < 4.78 is 41.2. The van der Waals surface area contributed by atoms with Crippen molar-refractivity contribution in [3.8, 4) is 5.69 Å². The SMILES string of the molecule is CC1CCCCC1NC(=O)NC(=O)Cn1cnc2c(cnn2-c2cccc(C(F)(F)F)c2)c1=O. The molecule has 3 amide bonds. The smallest absolute Gasteiger partial charge is 0.335 e. The molecule has 2 heterocycles. The summed E-state index contributed by atoms with van der Waals surface area (Å²) in [5.74, 6) is -0.383. The largest absolute Gasteiger partial charge is 0.416 e. The number of hydrogen-bond donors (Lipinski definition) is 2. The number of benzene rings is 1. The van der Waals surface area contributed by atoms with Crippen LogP contribution in [0.2, 0.25) is 0 Å². The van der Waals surface area contributed by atoms with E-state index in [0.717, 1.165) is 53.4 Å². The minimum absolute atomic E-state index is 0.0102. The third-order valence-corrected chi connectivity index (χ3v) is 5.97. The first kappa shape index (κ1) is 23.5. The molecule has 180 valence electrons. The van der Waals surface area contributed by atoms with Gasteiger partial charge in [0.1, 0.15) is 18.3 Å². The molecule has 0 spiro atoms. The van der Waals surface area contributed by atoms with Gasteiger partial charge in [0.15, 0.2) is 5.65 Å². The van der Waals surface area contributed by atoms with E-state index in [4.69, 9.17) is 0 Å². The van der Waals surface area contributed by atoms with Gasteiger partial charge in [0.2, 0.25) is 5.91 Å². The van der Waals surface area contributed by atoms with E-state index in [-0.39, 0.29) is 22.8 Å². The van der Waals surface area contributed by atoms with Crippen molar-refractivity contribution in [2.45, 2.75) is 51.4 Å². The molecule has 0 bridgehead atoms. The second-order valence-electron chi connectivity index (χ2n) is 8.41. The summed E-state index contributed by atoms with van der Waals surface area (Å²) in [6.07, 6.45) is 1.72. The molecule has 2 atom stereocenters. The van der Waals surface area contributed by atoms with E-state index in [1.165, 1.54) is 18.3 Å². The molecule has 1 fully saturated rings. The first-order valence-corrected chi connectivity index (χ1v) is 10.8. The predicted octanol–water partition coefficient (Wildman–Crippen LogP) is 3.01. The molecule has 2 aromatic heterocycles. The van der Waals surface area contributed by atoms with Crippen LogP contribution in [0.15, 0.2) is 41.6 Å². The quantitative estimate of drug-likeness (QED) is 0.602. The molecule has 1 aliphatic rings. The van der Waals surface area contributed by atoms with Crippen molar-refractivity contribution < 1.29 is 22.8 Å². The highest BCUT2D eigenvalue weighted by molar-refractivity contribution is 5.94. The first-order valence-electron chi connectivity index (χ1n) is 10.8. The number of alkyl halides is 3. The van der Waals surface area contributed by atoms with Crippen molar-refractivity contribution in [1.29, 1.82) is 0 Å². The second-order valence-corrected chi connectivity index (χ2v) is 8.41. The van der Waals surface area contributed by atoms with E-state index in [2.05, 4.69) is 20.7 Å². The molecule has 34 heavy (non-hydrogen) atoms. The van der Waals surface area contributed by atoms with Crippen molar-refractivity contribution in [3.63, 3.8) is 0 Å². The van der Waals surface area contributed by atoms with Crippen LogP contribution < -0.4 is 16.2 Å². The molecule has 0 radical (unpaired) electrons. The van der Waals surface area contributed by atoms with Gasteiger partial charge in [-0.25, -0.2) is 14.5 Å². The molecule has 1 aliphatic carbocycles. The molecular weight excluding hydrogens is 453 g/mol. The Morgan fingerprint density at radius 3 is 2.71 bits per heavy atom. The molecule has 3 aromatic rings. The van der Waals surface area contributed by atoms with Crippen LogP contribution in [0.25, 0.3) is 16.7 Å². The van der Waals surface area contributed by atoms with Crippen LogP contribution in [0.5, 0.6) is 0 Å². The van der Waals surface area contributed by atoms with Crippen molar-refractivity contribution in [1.82, 2.24) is 30.0 Å². The maximum absolute atomic E-state index is 13.0. The highest BCUT2D eigenvalue weighted by Crippen LogP contribution is 2.30. The number of amides is 3. The van der Waals surface area contributed by atoms with Gasteiger partial charge in [-0.1, -0.05) is 25.8 Å². The Labute approximate surface area is 192 Å². The zero-order valence-corrected chi connectivity index (χ0v) is 18.3. The number of nitrogens with zero attached hydrogens (tertiary/aromatic N) is 4. The van der Waals surface area contributed by atoms with E-state index in [9.17, 15) is 27.6 Å². The first-order chi connectivity index (χ1) is 16.1. The Bertz CT molecular complexity index is 1280. The zero-order valence-electron chi connectivity index (χ0n) is 18.3. The van der Waals surface area contributed by atoms with Gasteiger partial charge in [0, 0.05) is 6.04 Å². The molecule has 0 aliphatic heterocycles. The van der Waals surface area contributed by atoms with Crippen LogP contribution >= 0.6 is 0 Å². The number of carbonyl (C=O) groups excluding carboxylic acids is 2. The Morgan fingerprint density at radius 1 is 1.21 bits per heavy atom. The number of halogens is 3. The fourth-order valence-corrected chi connectivity index (χ4v) is 4.12. The topological polar surface area (TPSA) is 111 Å². The van der Waals surface area contributed by atoms with Gasteiger partial charge in [-0.05, 0) is 37.0 Å². The van der Waals surface area contributed by atoms with Gasteiger partial charge in [0.25, 0.3) is 5.56 Å². The molecule has 0 saturated heterocycles. The number of nitrogens with one attached hydrogen (secondary N) is 2. The maximum Gasteiger partial charge on any atom is 0.416 e. The highest BCUT2D eigenvalue weighted by Gasteiger charge is 2.31. The Balaban J connectivity index is 1.49. The average Bonchev–Trinajstić information content (AvgIpc) is 3.22. The van der Waals surface area contributed by atoms with Crippen molar-refractivity contribution in [2.75, 3.05) is 0 Å². The maximum atomic E-state index is 13.0. The number of hydrogen-bond acceptors (Lipinski definition) is 5. The monoisotopic (exact) mass is 476 g/mol. The van der Waals surface area contributed by atoms with Gasteiger partial charge >= 0.3 is 12.2 Å². The summed E-state index contributed by atoms with van der Waals surface area (Å²) in [5, 5.41) is 9.04. The van der Waals surface area contributed by atoms with Crippen LogP contribution in [0.3, 0.4) is 0 Å². The summed E-state index contributed by atoms with van der Waals surface area (Å²) in [6, 6.07) is 3.84. The lowest BCUT2D eigenvalue weighted by molar-refractivity contribution is -0.137. The van der Waals surface area contributed by atoms with Crippen LogP contribution in [-0.4, -0.2) is 37.3 Å². The lowest BCUT2D eigenvalue weighted by Crippen LogP contribution is -2.48. The van der Waals surface area contributed by atoms with Crippen LogP contribution in [0, 0.1) is 5.92 Å². The van der Waals surface area contributed by atoms with E-state index in [1.807, 2.05) is 6.92 Å². The molecule has 1 aromatic carbocycles. The van der Waals surface area contributed by atoms with Crippen LogP contribution in [0.1, 0.15) is 38.2 Å². The third kappa shape index (κ3) is 4.95. The molecular formula is C22H23F3N6O3. The minimum Gasteiger partial charge on any atom is -0.335 e. The minimum atomic E-state index is -4.53. The van der Waals surface area contributed by atoms with Crippen LogP contribution in [-0.2, 0) is 17.5 Å². The normalized spacial score (nSPS) is 18.6. The van der Waals surface area contributed by atoms with E-state index in [1.54, 1.807) is 0 Å². The van der Waals surface area contributed by atoms with Gasteiger partial charge in [-0.3, -0.25) is 19.5 Å². The number of carbonyl (C=O) groups is 2. The number of aromatic nitrogens is 4. The lowest BCUT2D eigenvalue weighted by Gasteiger charge is -2.29. The van der Waals surface area contributed by atoms with Crippen molar-refractivity contribution in [3.05, 3.63) is 52.7 Å². The van der Waals surface area contributed by atoms with E-state index < -0.39 is 35.8 Å². The van der Waals surface area contributed by atoms with Gasteiger partial charge in [0.05, 0.1) is 17.4 Å². The molecule has 4 rings (SSSR count). The third-order valence-electron chi connectivity index (χ3n) is 5.97. The van der Waals surface area contributed by atoms with Gasteiger partial charge < -0.3 is 5.32 Å². The predicted molar refractivity (Wildman–Crippen MR) is 116 cm³/mol. The number of imide groups is 1. The Kier molecular flexibility index (Phi) is 6.40. The fraction of sp³-hybridized carbons (Fsp3) is 0.409. The summed E-state index contributed by atoms with van der Waals surface area (Å²) in [7, 11) is 0. The highest BCUT2D eigenvalue weighted by atomic mass is 19.4. The van der Waals surface area contributed by atoms with Crippen molar-refractivity contribution in [2.24, 2.45) is 5.92 Å². The molecule has 2 N–H and O–H groups in total. The summed E-state index contributed by atoms with van der Waals surface area (Å²) >= 11 is 0. The Hall–Kier alpha value is -3.70. The Morgan fingerprint density at radius 2 is 1.97 bits per heavy atom. The number of urea groups is 1. The van der Waals surface area contributed by atoms with Gasteiger partial charge in [-0.15, -0.1) is 0 Å². The average molecular weight is 476 g/mol. The number of fused-ring (bicyclic) bond motifs is 1. The lowest BCUT2D eigenvalue weighted by atomic mass is 9.86. The molecule has 9 nitrogen and oxygen atoms in total. The molecule has 2 unspecified atom stereocenters. The van der Waals surface area contributed by atoms with Gasteiger partial charge in [-0.2, -0.15) is 18.3 Å². The summed E-state index contributed by atoms with van der Waals surface area (Å²) in [4.78, 5) is 41.4. The van der Waals surface area contributed by atoms with E-state index in [0.29, 0.717) is 5.92 Å².